The largest absolute Gasteiger partial charge is 0.445 e. The van der Waals surface area contributed by atoms with Crippen molar-refractivity contribution < 1.29 is 14.3 Å². The molecule has 2 aromatic rings. The van der Waals surface area contributed by atoms with Gasteiger partial charge < -0.3 is 19.3 Å². The molecule has 0 aliphatic carbocycles. The van der Waals surface area contributed by atoms with Crippen molar-refractivity contribution in [2.24, 2.45) is 0 Å². The van der Waals surface area contributed by atoms with Crippen molar-refractivity contribution in [3.05, 3.63) is 65.2 Å². The molecule has 1 fully saturated rings. The highest BCUT2D eigenvalue weighted by molar-refractivity contribution is 5.68. The summed E-state index contributed by atoms with van der Waals surface area (Å²) in [7, 11) is 0. The molecule has 26 heavy (non-hydrogen) atoms. The predicted molar refractivity (Wildman–Crippen MR) is 100 cm³/mol. The zero-order chi connectivity index (χ0) is 17.8. The lowest BCUT2D eigenvalue weighted by Crippen LogP contribution is -2.38. The van der Waals surface area contributed by atoms with Crippen molar-refractivity contribution in [1.29, 1.82) is 0 Å². The average Bonchev–Trinajstić information content (AvgIpc) is 2.72. The number of nitrogens with zero attached hydrogens (tertiary/aromatic N) is 2. The highest BCUT2D eigenvalue weighted by Crippen LogP contribution is 2.26. The van der Waals surface area contributed by atoms with Crippen LogP contribution in [0.3, 0.4) is 0 Å². The summed E-state index contributed by atoms with van der Waals surface area (Å²) >= 11 is 0. The number of ether oxygens (including phenoxy) is 2. The Labute approximate surface area is 154 Å². The van der Waals surface area contributed by atoms with Gasteiger partial charge in [0.15, 0.2) is 0 Å². The molecule has 2 heterocycles. The fraction of sp³-hybridized carbons (Fsp3) is 0.381. The first-order valence-corrected chi connectivity index (χ1v) is 9.20. The lowest BCUT2D eigenvalue weighted by atomic mass is 9.99. The highest BCUT2D eigenvalue weighted by atomic mass is 16.6. The number of hydrogen-bond donors (Lipinski definition) is 0. The first kappa shape index (κ1) is 16.9. The third-order valence-electron chi connectivity index (χ3n) is 5.04. The van der Waals surface area contributed by atoms with Crippen molar-refractivity contribution in [3.63, 3.8) is 0 Å². The number of morpholine rings is 1. The summed E-state index contributed by atoms with van der Waals surface area (Å²) in [4.78, 5) is 16.6. The number of benzene rings is 2. The maximum absolute atomic E-state index is 12.4. The Morgan fingerprint density at radius 2 is 1.81 bits per heavy atom. The van der Waals surface area contributed by atoms with E-state index in [1.54, 1.807) is 4.90 Å². The lowest BCUT2D eigenvalue weighted by Gasteiger charge is -2.32. The third-order valence-corrected chi connectivity index (χ3v) is 5.04. The zero-order valence-electron chi connectivity index (χ0n) is 14.9. The Balaban J connectivity index is 1.40. The van der Waals surface area contributed by atoms with Gasteiger partial charge in [-0.1, -0.05) is 36.4 Å². The van der Waals surface area contributed by atoms with E-state index in [0.29, 0.717) is 19.7 Å². The monoisotopic (exact) mass is 352 g/mol. The number of fused-ring (bicyclic) bond motifs is 1. The second-order valence-corrected chi connectivity index (χ2v) is 6.76. The number of carbonyl (C=O) groups is 1. The number of carbonyl (C=O) groups excluding carboxylic acids is 1. The Hall–Kier alpha value is -2.53. The molecule has 0 radical (unpaired) electrons. The molecule has 5 heteroatoms. The molecule has 1 amide bonds. The van der Waals surface area contributed by atoms with Crippen LogP contribution in [0.4, 0.5) is 10.5 Å². The van der Waals surface area contributed by atoms with E-state index in [2.05, 4.69) is 23.1 Å². The highest BCUT2D eigenvalue weighted by Gasteiger charge is 2.23. The standard InChI is InChI=1S/C21H24N2O3/c24-21(26-16-17-4-2-1-3-5-17)23-9-8-18-6-7-20(14-19(18)15-23)22-10-12-25-13-11-22/h1-7,14H,8-13,15-16H2. The molecule has 136 valence electrons. The number of hydrogen-bond acceptors (Lipinski definition) is 4. The fourth-order valence-electron chi connectivity index (χ4n) is 3.53. The second kappa shape index (κ2) is 7.79. The Morgan fingerprint density at radius 3 is 2.62 bits per heavy atom. The van der Waals surface area contributed by atoms with Crippen molar-refractivity contribution in [2.45, 2.75) is 19.6 Å². The molecular weight excluding hydrogens is 328 g/mol. The number of anilines is 1. The minimum atomic E-state index is -0.240. The van der Waals surface area contributed by atoms with Crippen molar-refractivity contribution >= 4 is 11.8 Å². The Bertz CT molecular complexity index is 757. The average molecular weight is 352 g/mol. The van der Waals surface area contributed by atoms with Gasteiger partial charge in [0.2, 0.25) is 0 Å². The summed E-state index contributed by atoms with van der Waals surface area (Å²) in [5.74, 6) is 0. The molecule has 0 bridgehead atoms. The van der Waals surface area contributed by atoms with E-state index in [-0.39, 0.29) is 6.09 Å². The molecule has 2 aliphatic heterocycles. The molecule has 1 saturated heterocycles. The van der Waals surface area contributed by atoms with E-state index in [9.17, 15) is 4.79 Å². The van der Waals surface area contributed by atoms with Crippen LogP contribution in [0, 0.1) is 0 Å². The van der Waals surface area contributed by atoms with Crippen molar-refractivity contribution in [1.82, 2.24) is 4.90 Å². The van der Waals surface area contributed by atoms with Crippen LogP contribution in [0.25, 0.3) is 0 Å². The summed E-state index contributed by atoms with van der Waals surface area (Å²) in [5.41, 5.74) is 4.77. The minimum Gasteiger partial charge on any atom is -0.445 e. The van der Waals surface area contributed by atoms with Crippen LogP contribution < -0.4 is 4.90 Å². The third kappa shape index (κ3) is 3.83. The number of amides is 1. The summed E-state index contributed by atoms with van der Waals surface area (Å²) in [6.45, 7) is 5.02. The van der Waals surface area contributed by atoms with Gasteiger partial charge in [-0.2, -0.15) is 0 Å². The summed E-state index contributed by atoms with van der Waals surface area (Å²) < 4.78 is 10.9. The van der Waals surface area contributed by atoms with Gasteiger partial charge in [0.05, 0.1) is 13.2 Å². The van der Waals surface area contributed by atoms with E-state index in [1.807, 2.05) is 30.3 Å². The molecule has 0 spiro atoms. The van der Waals surface area contributed by atoms with E-state index in [4.69, 9.17) is 9.47 Å². The van der Waals surface area contributed by atoms with Crippen LogP contribution in [0.1, 0.15) is 16.7 Å². The summed E-state index contributed by atoms with van der Waals surface area (Å²) in [6.07, 6.45) is 0.635. The lowest BCUT2D eigenvalue weighted by molar-refractivity contribution is 0.0918. The normalized spacial score (nSPS) is 16.9. The number of rotatable bonds is 3. The van der Waals surface area contributed by atoms with Gasteiger partial charge in [-0.05, 0) is 35.2 Å². The second-order valence-electron chi connectivity index (χ2n) is 6.76. The van der Waals surface area contributed by atoms with Crippen molar-refractivity contribution in [2.75, 3.05) is 37.7 Å². The molecule has 0 unspecified atom stereocenters. The molecule has 4 rings (SSSR count). The van der Waals surface area contributed by atoms with E-state index in [1.165, 1.54) is 16.8 Å². The first-order valence-electron chi connectivity index (χ1n) is 9.20. The Morgan fingerprint density at radius 1 is 1.00 bits per heavy atom. The van der Waals surface area contributed by atoms with Crippen LogP contribution in [0.15, 0.2) is 48.5 Å². The predicted octanol–water partition coefficient (Wildman–Crippen LogP) is 3.22. The fourth-order valence-corrected chi connectivity index (χ4v) is 3.53. The molecule has 0 atom stereocenters. The molecule has 0 N–H and O–H groups in total. The summed E-state index contributed by atoms with van der Waals surface area (Å²) in [6, 6.07) is 16.4. The van der Waals surface area contributed by atoms with Gasteiger partial charge in [0, 0.05) is 31.9 Å². The van der Waals surface area contributed by atoms with Crippen LogP contribution >= 0.6 is 0 Å². The van der Waals surface area contributed by atoms with Gasteiger partial charge in [0.25, 0.3) is 0 Å². The molecule has 2 aliphatic rings. The maximum atomic E-state index is 12.4. The van der Waals surface area contributed by atoms with E-state index in [0.717, 1.165) is 38.3 Å². The van der Waals surface area contributed by atoms with Gasteiger partial charge in [0.1, 0.15) is 6.61 Å². The topological polar surface area (TPSA) is 42.0 Å². The van der Waals surface area contributed by atoms with Crippen LogP contribution in [0.5, 0.6) is 0 Å². The van der Waals surface area contributed by atoms with Crippen LogP contribution in [-0.2, 0) is 29.0 Å². The molecule has 0 saturated carbocycles. The molecule has 2 aromatic carbocycles. The quantitative estimate of drug-likeness (QED) is 0.851. The maximum Gasteiger partial charge on any atom is 0.410 e. The van der Waals surface area contributed by atoms with Crippen LogP contribution in [0.2, 0.25) is 0 Å². The van der Waals surface area contributed by atoms with Gasteiger partial charge in [-0.25, -0.2) is 4.79 Å². The van der Waals surface area contributed by atoms with Gasteiger partial charge in [-0.3, -0.25) is 0 Å². The molecule has 0 aromatic heterocycles. The molecule has 5 nitrogen and oxygen atoms in total. The minimum absolute atomic E-state index is 0.240. The van der Waals surface area contributed by atoms with E-state index >= 15 is 0 Å². The van der Waals surface area contributed by atoms with E-state index < -0.39 is 0 Å². The van der Waals surface area contributed by atoms with Crippen LogP contribution in [-0.4, -0.2) is 43.8 Å². The van der Waals surface area contributed by atoms with Gasteiger partial charge in [-0.15, -0.1) is 0 Å². The SMILES string of the molecule is O=C(OCc1ccccc1)N1CCc2ccc(N3CCOCC3)cc2C1. The zero-order valence-corrected chi connectivity index (χ0v) is 14.9. The Kier molecular flexibility index (Phi) is 5.07. The first-order chi connectivity index (χ1) is 12.8. The smallest absolute Gasteiger partial charge is 0.410 e. The molecular formula is C21H24N2O3. The van der Waals surface area contributed by atoms with Crippen molar-refractivity contribution in [3.8, 4) is 0 Å². The van der Waals surface area contributed by atoms with Gasteiger partial charge >= 0.3 is 6.09 Å². The summed E-state index contributed by atoms with van der Waals surface area (Å²) in [5, 5.41) is 0.